The van der Waals surface area contributed by atoms with E-state index in [1.165, 1.54) is 0 Å². The smallest absolute Gasteiger partial charge is 0.119 e. The van der Waals surface area contributed by atoms with Gasteiger partial charge in [-0.05, 0) is 31.2 Å². The summed E-state index contributed by atoms with van der Waals surface area (Å²) >= 11 is 0. The number of aliphatic hydroxyl groups excluding tert-OH is 1. The van der Waals surface area contributed by atoms with Gasteiger partial charge in [-0.2, -0.15) is 0 Å². The highest BCUT2D eigenvalue weighted by Gasteiger charge is 2.07. The Kier molecular flexibility index (Phi) is 2.87. The Bertz CT molecular complexity index is 462. The number of benzene rings is 1. The van der Waals surface area contributed by atoms with E-state index in [4.69, 9.17) is 4.74 Å². The van der Waals surface area contributed by atoms with Crippen molar-refractivity contribution in [3.8, 4) is 11.4 Å². The van der Waals surface area contributed by atoms with Crippen LogP contribution in [-0.4, -0.2) is 27.2 Å². The zero-order valence-electron chi connectivity index (χ0n) is 9.16. The molecule has 1 heterocycles. The quantitative estimate of drug-likeness (QED) is 0.846. The lowest BCUT2D eigenvalue weighted by Crippen LogP contribution is -1.94. The van der Waals surface area contributed by atoms with E-state index in [0.717, 1.165) is 11.4 Å². The Labute approximate surface area is 93.3 Å². The van der Waals surface area contributed by atoms with E-state index in [9.17, 15) is 5.11 Å². The molecule has 0 aliphatic carbocycles. The van der Waals surface area contributed by atoms with Crippen LogP contribution in [0.4, 0.5) is 0 Å². The maximum atomic E-state index is 9.33. The van der Waals surface area contributed by atoms with Crippen LogP contribution in [0.5, 0.6) is 5.75 Å². The molecule has 2 rings (SSSR count). The first kappa shape index (κ1) is 10.6. The minimum absolute atomic E-state index is 0.552. The van der Waals surface area contributed by atoms with Crippen LogP contribution in [0.3, 0.4) is 0 Å². The molecule has 0 amide bonds. The number of methoxy groups -OCH3 is 1. The van der Waals surface area contributed by atoms with E-state index in [1.807, 2.05) is 24.3 Å². The molecule has 0 saturated carbocycles. The van der Waals surface area contributed by atoms with E-state index >= 15 is 0 Å². The fourth-order valence-electron chi connectivity index (χ4n) is 1.33. The van der Waals surface area contributed by atoms with Crippen molar-refractivity contribution in [3.05, 3.63) is 36.2 Å². The van der Waals surface area contributed by atoms with Gasteiger partial charge in [0.15, 0.2) is 0 Å². The first-order valence-electron chi connectivity index (χ1n) is 4.95. The molecule has 0 saturated heterocycles. The van der Waals surface area contributed by atoms with Gasteiger partial charge in [-0.15, -0.1) is 5.10 Å². The molecule has 1 unspecified atom stereocenters. The van der Waals surface area contributed by atoms with Crippen molar-refractivity contribution >= 4 is 0 Å². The average Bonchev–Trinajstić information content (AvgIpc) is 2.78. The Balaban J connectivity index is 2.28. The molecule has 1 N–H and O–H groups in total. The summed E-state index contributed by atoms with van der Waals surface area (Å²) in [6.07, 6.45) is 1.10. The number of nitrogens with zero attached hydrogens (tertiary/aromatic N) is 3. The average molecular weight is 219 g/mol. The van der Waals surface area contributed by atoms with Gasteiger partial charge in [-0.3, -0.25) is 0 Å². The molecule has 84 valence electrons. The van der Waals surface area contributed by atoms with Gasteiger partial charge in [0.05, 0.1) is 25.1 Å². The fraction of sp³-hybridized carbons (Fsp3) is 0.273. The third-order valence-corrected chi connectivity index (χ3v) is 2.28. The molecule has 1 aromatic heterocycles. The zero-order chi connectivity index (χ0) is 11.5. The lowest BCUT2D eigenvalue weighted by molar-refractivity contribution is 0.194. The number of aromatic nitrogens is 3. The maximum absolute atomic E-state index is 9.33. The molecule has 2 aromatic rings. The second kappa shape index (κ2) is 4.32. The molecule has 0 aliphatic rings. The van der Waals surface area contributed by atoms with E-state index in [-0.39, 0.29) is 0 Å². The first-order chi connectivity index (χ1) is 7.70. The monoisotopic (exact) mass is 219 g/mol. The summed E-state index contributed by atoms with van der Waals surface area (Å²) in [5.74, 6) is 0.791. The Morgan fingerprint density at radius 3 is 2.50 bits per heavy atom. The van der Waals surface area contributed by atoms with Crippen molar-refractivity contribution < 1.29 is 9.84 Å². The first-order valence-corrected chi connectivity index (χ1v) is 4.95. The van der Waals surface area contributed by atoms with Crippen LogP contribution in [0.2, 0.25) is 0 Å². The van der Waals surface area contributed by atoms with Crippen molar-refractivity contribution in [2.75, 3.05) is 7.11 Å². The molecule has 0 bridgehead atoms. The summed E-state index contributed by atoms with van der Waals surface area (Å²) in [4.78, 5) is 0. The van der Waals surface area contributed by atoms with Crippen LogP contribution in [0, 0.1) is 0 Å². The van der Waals surface area contributed by atoms with Crippen LogP contribution in [0.15, 0.2) is 30.5 Å². The second-order valence-electron chi connectivity index (χ2n) is 3.46. The van der Waals surface area contributed by atoms with Gasteiger partial charge < -0.3 is 9.84 Å². The Morgan fingerprint density at radius 2 is 2.00 bits per heavy atom. The van der Waals surface area contributed by atoms with E-state index in [1.54, 1.807) is 24.9 Å². The summed E-state index contributed by atoms with van der Waals surface area (Å²) in [7, 11) is 1.62. The molecule has 0 fully saturated rings. The Hall–Kier alpha value is -1.88. The zero-order valence-corrected chi connectivity index (χ0v) is 9.16. The third-order valence-electron chi connectivity index (χ3n) is 2.28. The highest BCUT2D eigenvalue weighted by Crippen LogP contribution is 2.15. The molecule has 0 aliphatic heterocycles. The van der Waals surface area contributed by atoms with E-state index in [2.05, 4.69) is 10.3 Å². The number of hydrogen-bond donors (Lipinski definition) is 1. The lowest BCUT2D eigenvalue weighted by Gasteiger charge is -2.02. The number of rotatable bonds is 3. The van der Waals surface area contributed by atoms with Crippen molar-refractivity contribution in [2.24, 2.45) is 0 Å². The van der Waals surface area contributed by atoms with Gasteiger partial charge in [0.2, 0.25) is 0 Å². The van der Waals surface area contributed by atoms with E-state index < -0.39 is 6.10 Å². The van der Waals surface area contributed by atoms with Gasteiger partial charge in [0.1, 0.15) is 11.4 Å². The summed E-state index contributed by atoms with van der Waals surface area (Å²) in [6, 6.07) is 7.44. The SMILES string of the molecule is COc1ccc(-n2cc(C(C)O)nn2)cc1. The van der Waals surface area contributed by atoms with Gasteiger partial charge in [0.25, 0.3) is 0 Å². The largest absolute Gasteiger partial charge is 0.497 e. The van der Waals surface area contributed by atoms with Crippen molar-refractivity contribution in [1.82, 2.24) is 15.0 Å². The number of aliphatic hydroxyl groups is 1. The summed E-state index contributed by atoms with van der Waals surface area (Å²) in [5, 5.41) is 17.1. The van der Waals surface area contributed by atoms with Crippen LogP contribution in [0.1, 0.15) is 18.7 Å². The summed E-state index contributed by atoms with van der Waals surface area (Å²) in [6.45, 7) is 1.66. The van der Waals surface area contributed by atoms with Gasteiger partial charge in [-0.1, -0.05) is 5.21 Å². The molecule has 5 heteroatoms. The minimum atomic E-state index is -0.605. The predicted octanol–water partition coefficient (Wildman–Crippen LogP) is 1.33. The van der Waals surface area contributed by atoms with Crippen molar-refractivity contribution in [2.45, 2.75) is 13.0 Å². The number of ether oxygens (including phenoxy) is 1. The molecular formula is C11H13N3O2. The minimum Gasteiger partial charge on any atom is -0.497 e. The van der Waals surface area contributed by atoms with E-state index in [0.29, 0.717) is 5.69 Å². The molecule has 0 spiro atoms. The van der Waals surface area contributed by atoms with Gasteiger partial charge >= 0.3 is 0 Å². The summed E-state index contributed by atoms with van der Waals surface area (Å²) < 4.78 is 6.68. The van der Waals surface area contributed by atoms with Crippen LogP contribution in [-0.2, 0) is 0 Å². The second-order valence-corrected chi connectivity index (χ2v) is 3.46. The van der Waals surface area contributed by atoms with Crippen LogP contribution >= 0.6 is 0 Å². The molecule has 1 atom stereocenters. The summed E-state index contributed by atoms with van der Waals surface area (Å²) in [5.41, 5.74) is 1.43. The standard InChI is InChI=1S/C11H13N3O2/c1-8(15)11-7-14(13-12-11)9-3-5-10(16-2)6-4-9/h3-8,15H,1-2H3. The normalized spacial score (nSPS) is 12.4. The third kappa shape index (κ3) is 2.04. The fourth-order valence-corrected chi connectivity index (χ4v) is 1.33. The Morgan fingerprint density at radius 1 is 1.31 bits per heavy atom. The van der Waals surface area contributed by atoms with Crippen LogP contribution < -0.4 is 4.74 Å². The molecule has 0 radical (unpaired) electrons. The van der Waals surface area contributed by atoms with Gasteiger partial charge in [-0.25, -0.2) is 4.68 Å². The van der Waals surface area contributed by atoms with Crippen molar-refractivity contribution in [1.29, 1.82) is 0 Å². The molecule has 5 nitrogen and oxygen atoms in total. The lowest BCUT2D eigenvalue weighted by atomic mass is 10.3. The number of hydrogen-bond acceptors (Lipinski definition) is 4. The van der Waals surface area contributed by atoms with Crippen molar-refractivity contribution in [3.63, 3.8) is 0 Å². The predicted molar refractivity (Wildman–Crippen MR) is 58.5 cm³/mol. The van der Waals surface area contributed by atoms with Crippen LogP contribution in [0.25, 0.3) is 5.69 Å². The maximum Gasteiger partial charge on any atom is 0.119 e. The highest BCUT2D eigenvalue weighted by molar-refractivity contribution is 5.36. The van der Waals surface area contributed by atoms with Gasteiger partial charge in [0, 0.05) is 0 Å². The molecular weight excluding hydrogens is 206 g/mol. The topological polar surface area (TPSA) is 60.2 Å². The molecule has 16 heavy (non-hydrogen) atoms. The molecule has 1 aromatic carbocycles. The highest BCUT2D eigenvalue weighted by atomic mass is 16.5.